The molecule has 0 amide bonds. The lowest BCUT2D eigenvalue weighted by molar-refractivity contribution is 0.251. The summed E-state index contributed by atoms with van der Waals surface area (Å²) < 4.78 is 28.6. The molecule has 20 heavy (non-hydrogen) atoms. The summed E-state index contributed by atoms with van der Waals surface area (Å²) in [5.41, 5.74) is 1.01. The SMILES string of the molecule is O=S(=O)(NC(CO)Cc1ccccc1)N1CCCCC1. The number of aliphatic hydroxyl groups is 1. The number of nitrogens with one attached hydrogen (secondary N) is 1. The van der Waals surface area contributed by atoms with Crippen molar-refractivity contribution in [3.05, 3.63) is 35.9 Å². The first-order valence-electron chi connectivity index (χ1n) is 7.04. The Kier molecular flexibility index (Phi) is 5.54. The Morgan fingerprint density at radius 3 is 2.40 bits per heavy atom. The lowest BCUT2D eigenvalue weighted by atomic mass is 10.1. The van der Waals surface area contributed by atoms with Crippen LogP contribution in [0.15, 0.2) is 30.3 Å². The minimum atomic E-state index is -3.49. The van der Waals surface area contributed by atoms with Crippen molar-refractivity contribution in [3.8, 4) is 0 Å². The highest BCUT2D eigenvalue weighted by atomic mass is 32.2. The Morgan fingerprint density at radius 1 is 1.15 bits per heavy atom. The minimum absolute atomic E-state index is 0.206. The summed E-state index contributed by atoms with van der Waals surface area (Å²) >= 11 is 0. The standard InChI is InChI=1S/C14H22N2O3S/c17-12-14(11-13-7-3-1-4-8-13)15-20(18,19)16-9-5-2-6-10-16/h1,3-4,7-8,14-15,17H,2,5-6,9-12H2. The molecule has 0 aliphatic carbocycles. The third-order valence-corrected chi connectivity index (χ3v) is 5.19. The Hall–Kier alpha value is -0.950. The molecular weight excluding hydrogens is 276 g/mol. The molecule has 0 saturated carbocycles. The zero-order valence-electron chi connectivity index (χ0n) is 11.5. The highest BCUT2D eigenvalue weighted by molar-refractivity contribution is 7.87. The first-order chi connectivity index (χ1) is 9.62. The molecule has 112 valence electrons. The van der Waals surface area contributed by atoms with E-state index < -0.39 is 16.3 Å². The smallest absolute Gasteiger partial charge is 0.279 e. The van der Waals surface area contributed by atoms with Gasteiger partial charge in [-0.15, -0.1) is 0 Å². The van der Waals surface area contributed by atoms with Gasteiger partial charge >= 0.3 is 0 Å². The largest absolute Gasteiger partial charge is 0.395 e. The van der Waals surface area contributed by atoms with E-state index in [1.807, 2.05) is 30.3 Å². The van der Waals surface area contributed by atoms with E-state index in [-0.39, 0.29) is 6.61 Å². The summed E-state index contributed by atoms with van der Waals surface area (Å²) in [7, 11) is -3.49. The average Bonchev–Trinajstić information content (AvgIpc) is 2.48. The molecule has 2 rings (SSSR count). The number of hydrogen-bond donors (Lipinski definition) is 2. The van der Waals surface area contributed by atoms with Crippen LogP contribution in [0.2, 0.25) is 0 Å². The van der Waals surface area contributed by atoms with Crippen molar-refractivity contribution in [1.82, 2.24) is 9.03 Å². The number of hydrogen-bond acceptors (Lipinski definition) is 3. The number of piperidine rings is 1. The molecule has 2 N–H and O–H groups in total. The molecule has 5 nitrogen and oxygen atoms in total. The average molecular weight is 298 g/mol. The quantitative estimate of drug-likeness (QED) is 0.820. The number of rotatable bonds is 6. The molecule has 1 aliphatic rings. The highest BCUT2D eigenvalue weighted by Crippen LogP contribution is 2.13. The van der Waals surface area contributed by atoms with Crippen LogP contribution in [0, 0.1) is 0 Å². The van der Waals surface area contributed by atoms with Crippen molar-refractivity contribution >= 4 is 10.2 Å². The second-order valence-corrected chi connectivity index (χ2v) is 6.85. The predicted octanol–water partition coefficient (Wildman–Crippen LogP) is 0.910. The summed E-state index contributed by atoms with van der Waals surface area (Å²) in [6.45, 7) is 0.930. The molecule has 1 atom stereocenters. The van der Waals surface area contributed by atoms with Gasteiger partial charge in [0.2, 0.25) is 0 Å². The first-order valence-corrected chi connectivity index (χ1v) is 8.48. The van der Waals surface area contributed by atoms with Crippen LogP contribution in [-0.2, 0) is 16.6 Å². The lowest BCUT2D eigenvalue weighted by Crippen LogP contribution is -2.49. The number of nitrogens with zero attached hydrogens (tertiary/aromatic N) is 1. The van der Waals surface area contributed by atoms with Crippen LogP contribution in [-0.4, -0.2) is 43.6 Å². The lowest BCUT2D eigenvalue weighted by Gasteiger charge is -2.28. The van der Waals surface area contributed by atoms with Crippen molar-refractivity contribution < 1.29 is 13.5 Å². The fourth-order valence-electron chi connectivity index (χ4n) is 2.43. The Morgan fingerprint density at radius 2 is 1.80 bits per heavy atom. The van der Waals surface area contributed by atoms with Crippen molar-refractivity contribution in [1.29, 1.82) is 0 Å². The van der Waals surface area contributed by atoms with Crippen LogP contribution in [0.4, 0.5) is 0 Å². The van der Waals surface area contributed by atoms with E-state index in [1.54, 1.807) is 0 Å². The van der Waals surface area contributed by atoms with Crippen molar-refractivity contribution in [2.24, 2.45) is 0 Å². The maximum absolute atomic E-state index is 12.2. The maximum atomic E-state index is 12.2. The second-order valence-electron chi connectivity index (χ2n) is 5.15. The molecule has 6 heteroatoms. The topological polar surface area (TPSA) is 69.6 Å². The van der Waals surface area contributed by atoms with Gasteiger partial charge in [-0.3, -0.25) is 0 Å². The molecule has 0 bridgehead atoms. The summed E-state index contributed by atoms with van der Waals surface area (Å²) in [5, 5.41) is 9.40. The molecule has 0 radical (unpaired) electrons. The third kappa shape index (κ3) is 4.28. The summed E-state index contributed by atoms with van der Waals surface area (Å²) in [4.78, 5) is 0. The van der Waals surface area contributed by atoms with Gasteiger partial charge in [0.05, 0.1) is 12.6 Å². The van der Waals surface area contributed by atoms with Crippen molar-refractivity contribution in [2.75, 3.05) is 19.7 Å². The van der Waals surface area contributed by atoms with Crippen molar-refractivity contribution in [2.45, 2.75) is 31.7 Å². The van der Waals surface area contributed by atoms with Gasteiger partial charge in [-0.25, -0.2) is 0 Å². The van der Waals surface area contributed by atoms with Crippen LogP contribution >= 0.6 is 0 Å². The monoisotopic (exact) mass is 298 g/mol. The van der Waals surface area contributed by atoms with E-state index >= 15 is 0 Å². The van der Waals surface area contributed by atoms with E-state index in [1.165, 1.54) is 4.31 Å². The van der Waals surface area contributed by atoms with Crippen molar-refractivity contribution in [3.63, 3.8) is 0 Å². The van der Waals surface area contributed by atoms with E-state index in [0.717, 1.165) is 24.8 Å². The molecule has 1 aromatic carbocycles. The van der Waals surface area contributed by atoms with Gasteiger partial charge in [-0.1, -0.05) is 36.8 Å². The molecule has 1 saturated heterocycles. The molecule has 0 spiro atoms. The third-order valence-electron chi connectivity index (χ3n) is 3.52. The van der Waals surface area contributed by atoms with Crippen LogP contribution in [0.3, 0.4) is 0 Å². The zero-order valence-corrected chi connectivity index (χ0v) is 12.3. The van der Waals surface area contributed by atoms with Gasteiger partial charge < -0.3 is 5.11 Å². The highest BCUT2D eigenvalue weighted by Gasteiger charge is 2.26. The van der Waals surface area contributed by atoms with Gasteiger partial charge in [0, 0.05) is 13.1 Å². The summed E-state index contributed by atoms with van der Waals surface area (Å²) in [6, 6.07) is 9.10. The Balaban J connectivity index is 1.98. The molecule has 1 aliphatic heterocycles. The Bertz CT molecular complexity index is 498. The fraction of sp³-hybridized carbons (Fsp3) is 0.571. The first kappa shape index (κ1) is 15.4. The fourth-order valence-corrected chi connectivity index (χ4v) is 3.90. The van der Waals surface area contributed by atoms with E-state index in [0.29, 0.717) is 19.5 Å². The molecular formula is C14H22N2O3S. The maximum Gasteiger partial charge on any atom is 0.279 e. The van der Waals surface area contributed by atoms with Gasteiger partial charge in [-0.2, -0.15) is 17.4 Å². The minimum Gasteiger partial charge on any atom is -0.395 e. The van der Waals surface area contributed by atoms with Gasteiger partial charge in [0.15, 0.2) is 0 Å². The Labute approximate surface area is 120 Å². The number of aliphatic hydroxyl groups excluding tert-OH is 1. The van der Waals surface area contributed by atoms with E-state index in [4.69, 9.17) is 0 Å². The molecule has 1 unspecified atom stereocenters. The van der Waals surface area contributed by atoms with Gasteiger partial charge in [-0.05, 0) is 24.8 Å². The molecule has 1 aromatic rings. The second kappa shape index (κ2) is 7.17. The summed E-state index contributed by atoms with van der Waals surface area (Å²) in [6.07, 6.45) is 3.39. The molecule has 1 heterocycles. The number of benzene rings is 1. The van der Waals surface area contributed by atoms with Crippen LogP contribution < -0.4 is 4.72 Å². The van der Waals surface area contributed by atoms with Gasteiger partial charge in [0.25, 0.3) is 10.2 Å². The van der Waals surface area contributed by atoms with Gasteiger partial charge in [0.1, 0.15) is 0 Å². The molecule has 1 fully saturated rings. The van der Waals surface area contributed by atoms with Crippen LogP contribution in [0.25, 0.3) is 0 Å². The normalized spacial score (nSPS) is 18.9. The van der Waals surface area contributed by atoms with Crippen LogP contribution in [0.1, 0.15) is 24.8 Å². The van der Waals surface area contributed by atoms with E-state index in [2.05, 4.69) is 4.72 Å². The predicted molar refractivity (Wildman–Crippen MR) is 78.5 cm³/mol. The summed E-state index contributed by atoms with van der Waals surface area (Å²) in [5.74, 6) is 0. The zero-order chi connectivity index (χ0) is 14.4. The van der Waals surface area contributed by atoms with E-state index in [9.17, 15) is 13.5 Å². The molecule has 0 aromatic heterocycles. The van der Waals surface area contributed by atoms with Crippen LogP contribution in [0.5, 0.6) is 0 Å².